The van der Waals surface area contributed by atoms with Gasteiger partial charge in [0.15, 0.2) is 11.5 Å². The van der Waals surface area contributed by atoms with Gasteiger partial charge in [-0.25, -0.2) is 8.42 Å². The van der Waals surface area contributed by atoms with E-state index >= 15 is 0 Å². The fourth-order valence-corrected chi connectivity index (χ4v) is 2.31. The lowest BCUT2D eigenvalue weighted by atomic mass is 10.1. The fraction of sp³-hybridized carbons (Fsp3) is 0.500. The van der Waals surface area contributed by atoms with E-state index in [1.165, 1.54) is 14.2 Å². The number of hydrogen-bond donors (Lipinski definition) is 1. The predicted molar refractivity (Wildman–Crippen MR) is 68.8 cm³/mol. The number of rotatable bonds is 6. The quantitative estimate of drug-likeness (QED) is 0.843. The summed E-state index contributed by atoms with van der Waals surface area (Å²) >= 11 is 0. The molecule has 1 aromatic carbocycles. The molecule has 0 aliphatic carbocycles. The summed E-state index contributed by atoms with van der Waals surface area (Å²) in [4.78, 5) is 0. The second kappa shape index (κ2) is 6.06. The molecule has 0 aromatic heterocycles. The van der Waals surface area contributed by atoms with Crippen LogP contribution in [0.25, 0.3) is 0 Å². The van der Waals surface area contributed by atoms with Gasteiger partial charge in [-0.1, -0.05) is 12.1 Å². The summed E-state index contributed by atoms with van der Waals surface area (Å²) in [5.74, 6) is 0.864. The first-order valence-electron chi connectivity index (χ1n) is 5.45. The lowest BCUT2D eigenvalue weighted by Gasteiger charge is -2.16. The van der Waals surface area contributed by atoms with Gasteiger partial charge in [0.25, 0.3) is 0 Å². The minimum Gasteiger partial charge on any atom is -0.493 e. The molecule has 0 amide bonds. The van der Waals surface area contributed by atoms with Gasteiger partial charge in [-0.15, -0.1) is 0 Å². The lowest BCUT2D eigenvalue weighted by molar-refractivity contribution is 0.169. The number of aliphatic hydroxyl groups is 1. The van der Waals surface area contributed by atoms with Crippen molar-refractivity contribution in [2.45, 2.75) is 12.5 Å². The zero-order valence-electron chi connectivity index (χ0n) is 10.7. The standard InChI is InChI=1S/C12H18O5S/c1-16-11-6-4-5-9(12(11)17-2)10(13)7-8-18(3,14)15/h4-6,10,13H,7-8H2,1-3H3. The summed E-state index contributed by atoms with van der Waals surface area (Å²) < 4.78 is 32.5. The maximum atomic E-state index is 11.1. The monoisotopic (exact) mass is 274 g/mol. The van der Waals surface area contributed by atoms with Crippen LogP contribution in [0.2, 0.25) is 0 Å². The molecule has 0 saturated heterocycles. The van der Waals surface area contributed by atoms with E-state index in [4.69, 9.17) is 9.47 Å². The average Bonchev–Trinajstić information content (AvgIpc) is 2.33. The SMILES string of the molecule is COc1cccc(C(O)CCS(C)(=O)=O)c1OC. The van der Waals surface area contributed by atoms with Crippen LogP contribution in [0.5, 0.6) is 11.5 Å². The number of benzene rings is 1. The highest BCUT2D eigenvalue weighted by Gasteiger charge is 2.18. The second-order valence-corrected chi connectivity index (χ2v) is 6.28. The highest BCUT2D eigenvalue weighted by Crippen LogP contribution is 2.35. The molecule has 1 unspecified atom stereocenters. The fourth-order valence-electron chi connectivity index (χ4n) is 1.66. The van der Waals surface area contributed by atoms with Crippen molar-refractivity contribution in [3.05, 3.63) is 23.8 Å². The number of hydrogen-bond acceptors (Lipinski definition) is 5. The molecular weight excluding hydrogens is 256 g/mol. The third-order valence-corrected chi connectivity index (χ3v) is 3.53. The van der Waals surface area contributed by atoms with Gasteiger partial charge >= 0.3 is 0 Å². The van der Waals surface area contributed by atoms with Gasteiger partial charge < -0.3 is 14.6 Å². The Kier molecular flexibility index (Phi) is 4.98. The molecule has 0 aliphatic rings. The van der Waals surface area contributed by atoms with Crippen LogP contribution in [0, 0.1) is 0 Å². The molecule has 5 nitrogen and oxygen atoms in total. The Morgan fingerprint density at radius 3 is 2.44 bits per heavy atom. The Hall–Kier alpha value is -1.27. The lowest BCUT2D eigenvalue weighted by Crippen LogP contribution is -2.09. The first kappa shape index (κ1) is 14.8. The van der Waals surface area contributed by atoms with Gasteiger partial charge in [-0.2, -0.15) is 0 Å². The van der Waals surface area contributed by atoms with Crippen molar-refractivity contribution >= 4 is 9.84 Å². The molecule has 18 heavy (non-hydrogen) atoms. The van der Waals surface area contributed by atoms with Gasteiger partial charge in [0, 0.05) is 11.8 Å². The van der Waals surface area contributed by atoms with Crippen LogP contribution in [-0.4, -0.2) is 39.8 Å². The smallest absolute Gasteiger partial charge is 0.166 e. The van der Waals surface area contributed by atoms with Crippen molar-refractivity contribution in [1.29, 1.82) is 0 Å². The molecule has 1 rings (SSSR count). The van der Waals surface area contributed by atoms with Crippen molar-refractivity contribution in [3.8, 4) is 11.5 Å². The Bertz CT molecular complexity index is 495. The third kappa shape index (κ3) is 3.89. The van der Waals surface area contributed by atoms with Crippen molar-refractivity contribution in [1.82, 2.24) is 0 Å². The molecule has 0 aliphatic heterocycles. The van der Waals surface area contributed by atoms with Crippen LogP contribution in [0.1, 0.15) is 18.1 Å². The summed E-state index contributed by atoms with van der Waals surface area (Å²) in [5.41, 5.74) is 0.528. The van der Waals surface area contributed by atoms with E-state index in [2.05, 4.69) is 0 Å². The number of sulfone groups is 1. The number of para-hydroxylation sites is 1. The molecule has 0 saturated carbocycles. The van der Waals surface area contributed by atoms with Crippen LogP contribution in [0.15, 0.2) is 18.2 Å². The summed E-state index contributed by atoms with van der Waals surface area (Å²) in [5, 5.41) is 10.0. The van der Waals surface area contributed by atoms with E-state index in [0.29, 0.717) is 17.1 Å². The van der Waals surface area contributed by atoms with Gasteiger partial charge in [0.2, 0.25) is 0 Å². The number of ether oxygens (including phenoxy) is 2. The second-order valence-electron chi connectivity index (χ2n) is 4.02. The summed E-state index contributed by atoms with van der Waals surface area (Å²) in [6.45, 7) is 0. The van der Waals surface area contributed by atoms with Gasteiger partial charge in [0.05, 0.1) is 26.1 Å². The molecule has 1 atom stereocenters. The first-order chi connectivity index (χ1) is 8.39. The van der Waals surface area contributed by atoms with E-state index in [-0.39, 0.29) is 12.2 Å². The van der Waals surface area contributed by atoms with E-state index in [1.54, 1.807) is 18.2 Å². The largest absolute Gasteiger partial charge is 0.493 e. The van der Waals surface area contributed by atoms with Crippen molar-refractivity contribution in [3.63, 3.8) is 0 Å². The van der Waals surface area contributed by atoms with E-state index in [1.807, 2.05) is 0 Å². The molecule has 6 heteroatoms. The molecule has 102 valence electrons. The van der Waals surface area contributed by atoms with Gasteiger partial charge in [-0.3, -0.25) is 0 Å². The Morgan fingerprint density at radius 1 is 1.28 bits per heavy atom. The number of aliphatic hydroxyl groups excluding tert-OH is 1. The van der Waals surface area contributed by atoms with Crippen molar-refractivity contribution < 1.29 is 23.0 Å². The van der Waals surface area contributed by atoms with E-state index < -0.39 is 15.9 Å². The molecule has 1 aromatic rings. The third-order valence-electron chi connectivity index (χ3n) is 2.55. The maximum Gasteiger partial charge on any atom is 0.166 e. The van der Waals surface area contributed by atoms with Gasteiger partial charge in [0.1, 0.15) is 9.84 Å². The van der Waals surface area contributed by atoms with Crippen LogP contribution in [0.4, 0.5) is 0 Å². The minimum atomic E-state index is -3.09. The summed E-state index contributed by atoms with van der Waals surface area (Å²) in [7, 11) is -0.113. The zero-order valence-corrected chi connectivity index (χ0v) is 11.5. The molecular formula is C12H18O5S. The Balaban J connectivity index is 2.94. The highest BCUT2D eigenvalue weighted by molar-refractivity contribution is 7.90. The number of methoxy groups -OCH3 is 2. The predicted octanol–water partition coefficient (Wildman–Crippen LogP) is 1.17. The van der Waals surface area contributed by atoms with E-state index in [9.17, 15) is 13.5 Å². The molecule has 0 radical (unpaired) electrons. The topological polar surface area (TPSA) is 72.8 Å². The molecule has 0 fully saturated rings. The molecule has 0 heterocycles. The minimum absolute atomic E-state index is 0.0749. The molecule has 0 bridgehead atoms. The van der Waals surface area contributed by atoms with Crippen molar-refractivity contribution in [2.24, 2.45) is 0 Å². The first-order valence-corrected chi connectivity index (χ1v) is 7.51. The van der Waals surface area contributed by atoms with E-state index in [0.717, 1.165) is 6.26 Å². The summed E-state index contributed by atoms with van der Waals surface area (Å²) in [6, 6.07) is 5.13. The normalized spacial score (nSPS) is 13.1. The molecule has 1 N–H and O–H groups in total. The van der Waals surface area contributed by atoms with Crippen molar-refractivity contribution in [2.75, 3.05) is 26.2 Å². The van der Waals surface area contributed by atoms with Crippen LogP contribution >= 0.6 is 0 Å². The van der Waals surface area contributed by atoms with Gasteiger partial charge in [-0.05, 0) is 12.5 Å². The Morgan fingerprint density at radius 2 is 1.94 bits per heavy atom. The summed E-state index contributed by atoms with van der Waals surface area (Å²) in [6.07, 6.45) is 0.370. The highest BCUT2D eigenvalue weighted by atomic mass is 32.2. The Labute approximate surface area is 107 Å². The van der Waals surface area contributed by atoms with Crippen LogP contribution in [-0.2, 0) is 9.84 Å². The van der Waals surface area contributed by atoms with Crippen LogP contribution in [0.3, 0.4) is 0 Å². The molecule has 0 spiro atoms. The zero-order chi connectivity index (χ0) is 13.8. The van der Waals surface area contributed by atoms with Crippen LogP contribution < -0.4 is 9.47 Å². The maximum absolute atomic E-state index is 11.1. The average molecular weight is 274 g/mol.